The number of rotatable bonds is 9. The zero-order chi connectivity index (χ0) is 24.5. The summed E-state index contributed by atoms with van der Waals surface area (Å²) in [4.78, 5) is 24.4. The third-order valence-electron chi connectivity index (χ3n) is 5.42. The Morgan fingerprint density at radius 2 is 2.00 bits per heavy atom. The van der Waals surface area contributed by atoms with Gasteiger partial charge in [-0.15, -0.1) is 15.7 Å². The van der Waals surface area contributed by atoms with Gasteiger partial charge in [-0.05, 0) is 68.6 Å². The zero-order valence-corrected chi connectivity index (χ0v) is 21.3. The molecule has 1 atom stereocenters. The number of likely N-dealkylation sites (tertiary alicyclic amines) is 1. The number of carbonyl (C=O) groups excluding carboxylic acids is 1. The molecular weight excluding hydrogens is 486 g/mol. The number of piperidine rings is 1. The first-order valence-corrected chi connectivity index (χ1v) is 13.7. The Labute approximate surface area is 210 Å². The number of ether oxygens (including phenoxy) is 2. The van der Waals surface area contributed by atoms with E-state index >= 15 is 0 Å². The number of nitrogens with one attached hydrogen (secondary N) is 1. The van der Waals surface area contributed by atoms with Crippen LogP contribution in [0.25, 0.3) is 10.4 Å². The second-order valence-corrected chi connectivity index (χ2v) is 10.1. The van der Waals surface area contributed by atoms with E-state index in [2.05, 4.69) is 24.5 Å². The third-order valence-corrected chi connectivity index (χ3v) is 7.41. The lowest BCUT2D eigenvalue weighted by Gasteiger charge is -2.26. The van der Waals surface area contributed by atoms with Gasteiger partial charge in [-0.3, -0.25) is 4.90 Å². The third kappa shape index (κ3) is 7.23. The summed E-state index contributed by atoms with van der Waals surface area (Å²) < 4.78 is 26.6. The van der Waals surface area contributed by atoms with Crippen LogP contribution in [0.3, 0.4) is 0 Å². The Balaban J connectivity index is 1.46. The Morgan fingerprint density at radius 3 is 2.71 bits per heavy atom. The van der Waals surface area contributed by atoms with Crippen LogP contribution in [0.15, 0.2) is 57.2 Å². The van der Waals surface area contributed by atoms with E-state index in [1.54, 1.807) is 48.7 Å². The van der Waals surface area contributed by atoms with E-state index in [-0.39, 0.29) is 6.61 Å². The molecule has 1 fully saturated rings. The van der Waals surface area contributed by atoms with E-state index in [0.717, 1.165) is 30.1 Å². The molecule has 1 amide bonds. The van der Waals surface area contributed by atoms with Gasteiger partial charge in [0.1, 0.15) is 6.61 Å². The summed E-state index contributed by atoms with van der Waals surface area (Å²) in [6, 6.07) is 10.8. The van der Waals surface area contributed by atoms with Gasteiger partial charge in [-0.2, -0.15) is 4.98 Å². The highest BCUT2D eigenvalue weighted by Crippen LogP contribution is 2.32. The maximum atomic E-state index is 12.2. The van der Waals surface area contributed by atoms with Crippen LogP contribution in [0.5, 0.6) is 5.88 Å². The van der Waals surface area contributed by atoms with Crippen LogP contribution in [-0.4, -0.2) is 58.0 Å². The second kappa shape index (κ2) is 12.6. The number of benzene rings is 1. The Kier molecular flexibility index (Phi) is 9.04. The van der Waals surface area contributed by atoms with Gasteiger partial charge in [0.2, 0.25) is 11.8 Å². The number of anilines is 2. The summed E-state index contributed by atoms with van der Waals surface area (Å²) in [5, 5.41) is 5.17. The van der Waals surface area contributed by atoms with E-state index in [9.17, 15) is 9.00 Å². The van der Waals surface area contributed by atoms with Gasteiger partial charge in [-0.1, -0.05) is 12.5 Å². The molecule has 3 heterocycles. The molecule has 1 aromatic carbocycles. The molecule has 1 aliphatic rings. The Hall–Kier alpha value is -3.02. The van der Waals surface area contributed by atoms with Gasteiger partial charge in [0.05, 0.1) is 22.8 Å². The van der Waals surface area contributed by atoms with Crippen molar-refractivity contribution >= 4 is 39.7 Å². The van der Waals surface area contributed by atoms with Crippen molar-refractivity contribution in [1.82, 2.24) is 14.9 Å². The highest BCUT2D eigenvalue weighted by Gasteiger charge is 2.14. The van der Waals surface area contributed by atoms with Crippen LogP contribution in [-0.2, 0) is 15.3 Å². The monoisotopic (exact) mass is 515 g/mol. The number of thiol groups is 1. The quantitative estimate of drug-likeness (QED) is 0.384. The topological polar surface area (TPSA) is 106 Å². The number of carbonyl (C=O) groups is 1. The van der Waals surface area contributed by atoms with E-state index in [4.69, 9.17) is 9.47 Å². The molecule has 0 radical (unpaired) electrons. The standard InChI is InChI=1S/C24H29N5O4S2/c1-2-32-24(30)28-35(31)19-10-8-18(9-11-19)26-23-25-17-20(21-7-6-16-34-21)22(27-23)33-15-14-29-12-4-3-5-13-29/h6-11,16-17,35H,2-5,12-15H2,1H3,(H,25,26,27). The predicted molar refractivity (Wildman–Crippen MR) is 138 cm³/mol. The van der Waals surface area contributed by atoms with E-state index in [0.29, 0.717) is 29.0 Å². The molecule has 35 heavy (non-hydrogen) atoms. The lowest BCUT2D eigenvalue weighted by atomic mass is 10.1. The number of nitrogens with zero attached hydrogens (tertiary/aromatic N) is 4. The van der Waals surface area contributed by atoms with Gasteiger partial charge in [0.25, 0.3) is 0 Å². The van der Waals surface area contributed by atoms with E-state index < -0.39 is 16.7 Å². The first kappa shape index (κ1) is 25.1. The molecule has 0 bridgehead atoms. The molecule has 0 spiro atoms. The molecular formula is C24H29N5O4S2. The predicted octanol–water partition coefficient (Wildman–Crippen LogP) is 4.99. The number of hydrogen-bond donors (Lipinski definition) is 2. The van der Waals surface area contributed by atoms with E-state index in [1.807, 2.05) is 17.5 Å². The van der Waals surface area contributed by atoms with Crippen molar-refractivity contribution in [2.75, 3.05) is 38.2 Å². The summed E-state index contributed by atoms with van der Waals surface area (Å²) >= 11 is 1.61. The van der Waals surface area contributed by atoms with Crippen LogP contribution in [0.2, 0.25) is 0 Å². The molecule has 3 aromatic rings. The van der Waals surface area contributed by atoms with Gasteiger partial charge >= 0.3 is 6.09 Å². The van der Waals surface area contributed by atoms with Crippen molar-refractivity contribution in [1.29, 1.82) is 0 Å². The molecule has 4 rings (SSSR count). The summed E-state index contributed by atoms with van der Waals surface area (Å²) in [6.07, 6.45) is 4.72. The first-order valence-electron chi connectivity index (χ1n) is 11.6. The average molecular weight is 516 g/mol. The molecule has 11 heteroatoms. The highest BCUT2D eigenvalue weighted by atomic mass is 32.2. The smallest absolute Gasteiger partial charge is 0.441 e. The van der Waals surface area contributed by atoms with Gasteiger partial charge in [-0.25, -0.2) is 14.0 Å². The fourth-order valence-electron chi connectivity index (χ4n) is 3.68. The fourth-order valence-corrected chi connectivity index (χ4v) is 5.13. The molecule has 2 aromatic heterocycles. The average Bonchev–Trinajstić information content (AvgIpc) is 3.40. The molecule has 0 aliphatic carbocycles. The minimum atomic E-state index is -2.22. The van der Waals surface area contributed by atoms with Crippen molar-refractivity contribution < 1.29 is 18.5 Å². The number of amides is 1. The van der Waals surface area contributed by atoms with Crippen LogP contribution >= 0.6 is 11.3 Å². The van der Waals surface area contributed by atoms with Gasteiger partial charge in [0.15, 0.2) is 0 Å². The van der Waals surface area contributed by atoms with Crippen molar-refractivity contribution in [3.63, 3.8) is 0 Å². The summed E-state index contributed by atoms with van der Waals surface area (Å²) in [5.41, 5.74) is 1.56. The molecule has 1 saturated heterocycles. The van der Waals surface area contributed by atoms with Crippen LogP contribution < -0.4 is 10.1 Å². The molecule has 1 N–H and O–H groups in total. The molecule has 186 valence electrons. The van der Waals surface area contributed by atoms with Crippen molar-refractivity contribution in [2.24, 2.45) is 4.36 Å². The summed E-state index contributed by atoms with van der Waals surface area (Å²) in [6.45, 7) is 5.51. The number of aromatic nitrogens is 2. The minimum absolute atomic E-state index is 0.184. The fraction of sp³-hybridized carbons (Fsp3) is 0.375. The van der Waals surface area contributed by atoms with Crippen molar-refractivity contribution in [2.45, 2.75) is 31.1 Å². The maximum Gasteiger partial charge on any atom is 0.441 e. The first-order chi connectivity index (χ1) is 17.1. The van der Waals surface area contributed by atoms with E-state index in [1.165, 1.54) is 19.3 Å². The van der Waals surface area contributed by atoms with Crippen molar-refractivity contribution in [3.8, 4) is 16.3 Å². The SMILES string of the molecule is CCOC(=O)N=[SH](=O)c1ccc(Nc2ncc(-c3cccs3)c(OCCN3CCCCC3)n2)cc1. The normalized spacial score (nSPS) is 15.0. The van der Waals surface area contributed by atoms with Crippen LogP contribution in [0, 0.1) is 0 Å². The Bertz CT molecular complexity index is 1190. The van der Waals surface area contributed by atoms with Crippen LogP contribution in [0.4, 0.5) is 16.4 Å². The number of hydrogen-bond acceptors (Lipinski definition) is 9. The molecule has 1 unspecified atom stereocenters. The molecule has 9 nitrogen and oxygen atoms in total. The lowest BCUT2D eigenvalue weighted by Crippen LogP contribution is -2.33. The number of thiophene rings is 1. The minimum Gasteiger partial charge on any atom is -0.476 e. The maximum absolute atomic E-state index is 12.2. The summed E-state index contributed by atoms with van der Waals surface area (Å²) in [5.74, 6) is 0.932. The molecule has 1 aliphatic heterocycles. The van der Waals surface area contributed by atoms with Gasteiger partial charge < -0.3 is 14.8 Å². The van der Waals surface area contributed by atoms with Crippen molar-refractivity contribution in [3.05, 3.63) is 48.0 Å². The largest absolute Gasteiger partial charge is 0.476 e. The lowest BCUT2D eigenvalue weighted by molar-refractivity contribution is 0.164. The Morgan fingerprint density at radius 1 is 1.20 bits per heavy atom. The highest BCUT2D eigenvalue weighted by molar-refractivity contribution is 7.75. The summed E-state index contributed by atoms with van der Waals surface area (Å²) in [7, 11) is -2.22. The second-order valence-electron chi connectivity index (χ2n) is 7.88. The van der Waals surface area contributed by atoms with Gasteiger partial charge in [0, 0.05) is 28.2 Å². The van der Waals surface area contributed by atoms with Crippen LogP contribution in [0.1, 0.15) is 26.2 Å². The zero-order valence-electron chi connectivity index (χ0n) is 19.6. The molecule has 0 saturated carbocycles.